The van der Waals surface area contributed by atoms with Crippen molar-refractivity contribution in [3.8, 4) is 0 Å². The molecule has 15 heavy (non-hydrogen) atoms. The van der Waals surface area contributed by atoms with Gasteiger partial charge in [0.15, 0.2) is 0 Å². The lowest BCUT2D eigenvalue weighted by molar-refractivity contribution is 0.602. The van der Waals surface area contributed by atoms with Gasteiger partial charge in [0.2, 0.25) is 0 Å². The maximum absolute atomic E-state index is 13.3. The minimum absolute atomic E-state index is 0.218. The molecule has 0 radical (unpaired) electrons. The van der Waals surface area contributed by atoms with Crippen molar-refractivity contribution in [2.24, 2.45) is 10.7 Å². The van der Waals surface area contributed by atoms with Crippen molar-refractivity contribution < 1.29 is 8.60 Å². The fraction of sp³-hybridized carbons (Fsp3) is 0.444. The van der Waals surface area contributed by atoms with Gasteiger partial charge in [-0.1, -0.05) is 0 Å². The number of rotatable bonds is 1. The molecule has 2 rings (SSSR count). The monoisotopic (exact) mass is 246 g/mol. The largest absolute Gasteiger partial charge is 0.386 e. The van der Waals surface area contributed by atoms with Crippen LogP contribution in [0.25, 0.3) is 0 Å². The highest BCUT2D eigenvalue weighted by atomic mass is 32.2. The molecule has 3 nitrogen and oxygen atoms in total. The van der Waals surface area contributed by atoms with E-state index in [1.54, 1.807) is 12.3 Å². The second-order valence-corrected chi connectivity index (χ2v) is 6.14. The van der Waals surface area contributed by atoms with Gasteiger partial charge in [-0.25, -0.2) is 4.39 Å². The zero-order chi connectivity index (χ0) is 11.0. The number of amidine groups is 1. The van der Waals surface area contributed by atoms with E-state index < -0.39 is 10.8 Å². The van der Waals surface area contributed by atoms with Crippen LogP contribution in [0.1, 0.15) is 17.8 Å². The van der Waals surface area contributed by atoms with Crippen LogP contribution in [0.3, 0.4) is 0 Å². The highest BCUT2D eigenvalue weighted by molar-refractivity contribution is 7.86. The molecule has 1 aliphatic rings. The van der Waals surface area contributed by atoms with E-state index in [-0.39, 0.29) is 17.1 Å². The molecule has 82 valence electrons. The van der Waals surface area contributed by atoms with E-state index in [1.807, 2.05) is 0 Å². The van der Waals surface area contributed by atoms with Gasteiger partial charge in [0, 0.05) is 10.8 Å². The average molecular weight is 246 g/mol. The molecule has 0 saturated carbocycles. The minimum atomic E-state index is -1.05. The molecule has 2 heterocycles. The maximum atomic E-state index is 13.3. The molecule has 3 unspecified atom stereocenters. The van der Waals surface area contributed by atoms with E-state index in [0.29, 0.717) is 16.5 Å². The van der Waals surface area contributed by atoms with E-state index in [4.69, 9.17) is 5.73 Å². The van der Waals surface area contributed by atoms with Crippen molar-refractivity contribution in [1.29, 1.82) is 0 Å². The van der Waals surface area contributed by atoms with E-state index in [1.165, 1.54) is 17.4 Å². The molecule has 0 aromatic carbocycles. The molecule has 6 heteroatoms. The van der Waals surface area contributed by atoms with Gasteiger partial charge in [-0.3, -0.25) is 9.20 Å². The summed E-state index contributed by atoms with van der Waals surface area (Å²) in [6.07, 6.45) is 0. The predicted molar refractivity (Wildman–Crippen MR) is 61.1 cm³/mol. The lowest BCUT2D eigenvalue weighted by atomic mass is 10.2. The summed E-state index contributed by atoms with van der Waals surface area (Å²) in [6, 6.07) is 1.02. The molecular weight excluding hydrogens is 235 g/mol. The lowest BCUT2D eigenvalue weighted by Gasteiger charge is -2.22. The van der Waals surface area contributed by atoms with Crippen molar-refractivity contribution in [1.82, 2.24) is 0 Å². The highest BCUT2D eigenvalue weighted by Crippen LogP contribution is 2.29. The molecule has 0 amide bonds. The minimum Gasteiger partial charge on any atom is -0.386 e. The van der Waals surface area contributed by atoms with Crippen LogP contribution in [0.15, 0.2) is 16.4 Å². The second kappa shape index (κ2) is 4.02. The van der Waals surface area contributed by atoms with E-state index in [9.17, 15) is 8.60 Å². The van der Waals surface area contributed by atoms with Crippen LogP contribution >= 0.6 is 11.3 Å². The molecule has 1 aromatic heterocycles. The van der Waals surface area contributed by atoms with Gasteiger partial charge in [0.1, 0.15) is 17.7 Å². The summed E-state index contributed by atoms with van der Waals surface area (Å²) in [7, 11) is -1.05. The van der Waals surface area contributed by atoms with Gasteiger partial charge in [-0.2, -0.15) is 0 Å². The van der Waals surface area contributed by atoms with Crippen LogP contribution in [0.2, 0.25) is 0 Å². The Morgan fingerprint density at radius 2 is 2.47 bits per heavy atom. The standard InChI is InChI=1S/C9H11FN2OS2/c1-5-9(11)12-7(4-15(5)13)8-6(10)2-3-14-8/h2-3,5,7H,4H2,1H3,(H2,11,12). The number of nitrogens with two attached hydrogens (primary N) is 1. The first-order valence-electron chi connectivity index (χ1n) is 4.53. The third-order valence-corrected chi connectivity index (χ3v) is 5.05. The smallest absolute Gasteiger partial charge is 0.139 e. The summed E-state index contributed by atoms with van der Waals surface area (Å²) < 4.78 is 24.9. The molecular formula is C9H11FN2OS2. The number of halogens is 1. The van der Waals surface area contributed by atoms with Crippen molar-refractivity contribution in [2.45, 2.75) is 18.2 Å². The Bertz CT molecular complexity index is 430. The van der Waals surface area contributed by atoms with Gasteiger partial charge in [-0.05, 0) is 18.4 Å². The average Bonchev–Trinajstić information content (AvgIpc) is 2.60. The molecule has 3 atom stereocenters. The quantitative estimate of drug-likeness (QED) is 0.815. The fourth-order valence-electron chi connectivity index (χ4n) is 1.43. The molecule has 0 fully saturated rings. The molecule has 2 N–H and O–H groups in total. The first kappa shape index (κ1) is 10.8. The topological polar surface area (TPSA) is 55.4 Å². The van der Waals surface area contributed by atoms with E-state index in [0.717, 1.165) is 0 Å². The van der Waals surface area contributed by atoms with Crippen LogP contribution in [0, 0.1) is 5.82 Å². The number of hydrogen-bond acceptors (Lipinski definition) is 4. The van der Waals surface area contributed by atoms with Gasteiger partial charge in [0.25, 0.3) is 0 Å². The van der Waals surface area contributed by atoms with Crippen molar-refractivity contribution >= 4 is 28.0 Å². The summed E-state index contributed by atoms with van der Waals surface area (Å²) in [5.41, 5.74) is 5.65. The first-order chi connectivity index (χ1) is 7.09. The Hall–Kier alpha value is -0.750. The molecule has 0 aliphatic carbocycles. The third kappa shape index (κ3) is 1.96. The SMILES string of the molecule is CC1C(N)=NC(c2sccc2F)CS1=O. The lowest BCUT2D eigenvalue weighted by Crippen LogP contribution is -2.37. The summed E-state index contributed by atoms with van der Waals surface area (Å²) in [5, 5.41) is 1.45. The van der Waals surface area contributed by atoms with Gasteiger partial charge < -0.3 is 5.73 Å². The number of nitrogens with zero attached hydrogens (tertiary/aromatic N) is 1. The van der Waals surface area contributed by atoms with Gasteiger partial charge in [0.05, 0.1) is 15.9 Å². The molecule has 1 aromatic rings. The maximum Gasteiger partial charge on any atom is 0.139 e. The van der Waals surface area contributed by atoms with Gasteiger partial charge >= 0.3 is 0 Å². The summed E-state index contributed by atoms with van der Waals surface area (Å²) in [6.45, 7) is 1.77. The third-order valence-electron chi connectivity index (χ3n) is 2.39. The van der Waals surface area contributed by atoms with Crippen LogP contribution in [-0.4, -0.2) is 21.0 Å². The highest BCUT2D eigenvalue weighted by Gasteiger charge is 2.28. The normalized spacial score (nSPS) is 31.3. The van der Waals surface area contributed by atoms with E-state index >= 15 is 0 Å². The molecule has 0 spiro atoms. The summed E-state index contributed by atoms with van der Waals surface area (Å²) >= 11 is 1.29. The second-order valence-electron chi connectivity index (χ2n) is 3.39. The van der Waals surface area contributed by atoms with Gasteiger partial charge in [-0.15, -0.1) is 11.3 Å². The van der Waals surface area contributed by atoms with Crippen molar-refractivity contribution in [3.63, 3.8) is 0 Å². The van der Waals surface area contributed by atoms with E-state index in [2.05, 4.69) is 4.99 Å². The molecule has 0 saturated heterocycles. The van der Waals surface area contributed by atoms with Crippen LogP contribution < -0.4 is 5.73 Å². The van der Waals surface area contributed by atoms with Crippen LogP contribution in [0.4, 0.5) is 4.39 Å². The first-order valence-corrected chi connectivity index (χ1v) is 6.79. The Morgan fingerprint density at radius 1 is 1.73 bits per heavy atom. The predicted octanol–water partition coefficient (Wildman–Crippen LogP) is 1.44. The number of aliphatic imine (C=N–C) groups is 1. The summed E-state index contributed by atoms with van der Waals surface area (Å²) in [4.78, 5) is 4.71. The summed E-state index contributed by atoms with van der Waals surface area (Å²) in [5.74, 6) is 0.435. The van der Waals surface area contributed by atoms with Crippen molar-refractivity contribution in [2.75, 3.05) is 5.75 Å². The Labute approximate surface area is 93.7 Å². The number of hydrogen-bond donors (Lipinski definition) is 1. The van der Waals surface area contributed by atoms with Crippen molar-refractivity contribution in [3.05, 3.63) is 22.1 Å². The fourth-order valence-corrected chi connectivity index (χ4v) is 3.52. The zero-order valence-corrected chi connectivity index (χ0v) is 9.78. The number of thiophene rings is 1. The molecule has 0 bridgehead atoms. The van der Waals surface area contributed by atoms with Crippen LogP contribution in [-0.2, 0) is 10.8 Å². The Balaban J connectivity index is 2.34. The van der Waals surface area contributed by atoms with Crippen LogP contribution in [0.5, 0.6) is 0 Å². The Kier molecular flexibility index (Phi) is 2.88. The molecule has 1 aliphatic heterocycles. The Morgan fingerprint density at radius 3 is 3.00 bits per heavy atom. The zero-order valence-electron chi connectivity index (χ0n) is 8.14.